The van der Waals surface area contributed by atoms with Gasteiger partial charge in [-0.15, -0.1) is 11.3 Å². The van der Waals surface area contributed by atoms with E-state index in [1.165, 1.54) is 16.9 Å². The van der Waals surface area contributed by atoms with Crippen LogP contribution in [0, 0.1) is 5.92 Å². The van der Waals surface area contributed by atoms with Gasteiger partial charge in [0.15, 0.2) is 0 Å². The number of carbonyl (C=O) groups is 1. The molecule has 18 heavy (non-hydrogen) atoms. The van der Waals surface area contributed by atoms with Gasteiger partial charge in [0, 0.05) is 23.3 Å². The minimum absolute atomic E-state index is 0.0307. The fourth-order valence-electron chi connectivity index (χ4n) is 2.55. The molecule has 1 aromatic rings. The van der Waals surface area contributed by atoms with Gasteiger partial charge in [0.25, 0.3) is 5.91 Å². The minimum Gasteiger partial charge on any atom is -0.395 e. The Balaban J connectivity index is 2.21. The third-order valence-corrected chi connectivity index (χ3v) is 4.72. The average Bonchev–Trinajstić information content (AvgIpc) is 2.77. The van der Waals surface area contributed by atoms with E-state index in [4.69, 9.17) is 5.11 Å². The molecule has 0 aromatic carbocycles. The van der Waals surface area contributed by atoms with Gasteiger partial charge >= 0.3 is 0 Å². The molecule has 0 fully saturated rings. The summed E-state index contributed by atoms with van der Waals surface area (Å²) in [6, 6.07) is 0. The van der Waals surface area contributed by atoms with Gasteiger partial charge < -0.3 is 10.0 Å². The third-order valence-electron chi connectivity index (χ3n) is 3.67. The quantitative estimate of drug-likeness (QED) is 0.909. The lowest BCUT2D eigenvalue weighted by Gasteiger charge is -2.22. The van der Waals surface area contributed by atoms with Crippen LogP contribution in [0.15, 0.2) is 5.38 Å². The summed E-state index contributed by atoms with van der Waals surface area (Å²) in [4.78, 5) is 15.5. The molecule has 0 radical (unpaired) electrons. The number of rotatable bonds is 4. The number of thiophene rings is 1. The van der Waals surface area contributed by atoms with E-state index in [2.05, 4.69) is 6.92 Å². The highest BCUT2D eigenvalue weighted by Gasteiger charge is 2.25. The third kappa shape index (κ3) is 2.59. The maximum absolute atomic E-state index is 12.4. The van der Waals surface area contributed by atoms with Crippen molar-refractivity contribution in [2.75, 3.05) is 19.7 Å². The maximum atomic E-state index is 12.4. The number of nitrogens with zero attached hydrogens (tertiary/aromatic N) is 1. The van der Waals surface area contributed by atoms with Crippen LogP contribution in [0.1, 0.15) is 41.1 Å². The second-order valence-corrected chi connectivity index (χ2v) is 5.97. The van der Waals surface area contributed by atoms with Gasteiger partial charge in [-0.05, 0) is 37.7 Å². The van der Waals surface area contributed by atoms with Crippen LogP contribution in [0.3, 0.4) is 0 Å². The second kappa shape index (κ2) is 5.85. The van der Waals surface area contributed by atoms with Gasteiger partial charge in [-0.3, -0.25) is 4.79 Å². The zero-order chi connectivity index (χ0) is 13.1. The minimum atomic E-state index is 0.0307. The van der Waals surface area contributed by atoms with Gasteiger partial charge in [0.2, 0.25) is 0 Å². The number of amides is 1. The summed E-state index contributed by atoms with van der Waals surface area (Å²) < 4.78 is 0. The number of fused-ring (bicyclic) bond motifs is 1. The Hall–Kier alpha value is -0.870. The zero-order valence-electron chi connectivity index (χ0n) is 11.1. The molecule has 0 aliphatic heterocycles. The lowest BCUT2D eigenvalue weighted by atomic mass is 9.88. The van der Waals surface area contributed by atoms with Gasteiger partial charge in [-0.1, -0.05) is 6.92 Å². The van der Waals surface area contributed by atoms with Crippen molar-refractivity contribution in [2.24, 2.45) is 5.92 Å². The molecule has 3 nitrogen and oxygen atoms in total. The standard InChI is InChI=1S/C14H21NO2S/c1-3-15(6-7-16)14(17)12-9-18-13-8-10(2)4-5-11(12)13/h9-10,16H,3-8H2,1-2H3/t10-/m0/s1. The van der Waals surface area contributed by atoms with Crippen molar-refractivity contribution in [2.45, 2.75) is 33.1 Å². The van der Waals surface area contributed by atoms with Crippen LogP contribution in [0.4, 0.5) is 0 Å². The molecule has 1 amide bonds. The molecular weight excluding hydrogens is 246 g/mol. The molecule has 100 valence electrons. The largest absolute Gasteiger partial charge is 0.395 e. The molecule has 2 rings (SSSR count). The molecule has 1 heterocycles. The molecule has 1 aliphatic rings. The van der Waals surface area contributed by atoms with Crippen molar-refractivity contribution in [3.05, 3.63) is 21.4 Å². The van der Waals surface area contributed by atoms with E-state index in [1.807, 2.05) is 12.3 Å². The molecule has 0 saturated carbocycles. The van der Waals surface area contributed by atoms with E-state index < -0.39 is 0 Å². The first-order valence-electron chi connectivity index (χ1n) is 6.66. The van der Waals surface area contributed by atoms with Crippen molar-refractivity contribution >= 4 is 17.2 Å². The van der Waals surface area contributed by atoms with E-state index in [0.717, 1.165) is 24.3 Å². The lowest BCUT2D eigenvalue weighted by molar-refractivity contribution is 0.0731. The van der Waals surface area contributed by atoms with Gasteiger partial charge in [-0.25, -0.2) is 0 Å². The predicted molar refractivity (Wildman–Crippen MR) is 74.2 cm³/mol. The van der Waals surface area contributed by atoms with E-state index in [1.54, 1.807) is 16.2 Å². The summed E-state index contributed by atoms with van der Waals surface area (Å²) >= 11 is 1.72. The molecule has 0 spiro atoms. The van der Waals surface area contributed by atoms with Crippen LogP contribution in [0.2, 0.25) is 0 Å². The molecule has 1 aliphatic carbocycles. The summed E-state index contributed by atoms with van der Waals surface area (Å²) in [5.41, 5.74) is 2.14. The van der Waals surface area contributed by atoms with Crippen LogP contribution < -0.4 is 0 Å². The fraction of sp³-hybridized carbons (Fsp3) is 0.643. The molecule has 1 atom stereocenters. The predicted octanol–water partition coefficient (Wildman–Crippen LogP) is 2.33. The number of hydrogen-bond donors (Lipinski definition) is 1. The summed E-state index contributed by atoms with van der Waals surface area (Å²) in [5.74, 6) is 0.817. The highest BCUT2D eigenvalue weighted by Crippen LogP contribution is 2.33. The highest BCUT2D eigenvalue weighted by molar-refractivity contribution is 7.10. The normalized spacial score (nSPS) is 18.5. The highest BCUT2D eigenvalue weighted by atomic mass is 32.1. The summed E-state index contributed by atoms with van der Waals surface area (Å²) in [6.45, 7) is 5.34. The SMILES string of the molecule is CCN(CCO)C(=O)c1csc2c1CC[C@H](C)C2. The Morgan fingerprint density at radius 3 is 3.06 bits per heavy atom. The van der Waals surface area contributed by atoms with Crippen LogP contribution in [0.25, 0.3) is 0 Å². The number of aliphatic hydroxyl groups is 1. The summed E-state index contributed by atoms with van der Waals surface area (Å²) in [6.07, 6.45) is 3.31. The fourth-order valence-corrected chi connectivity index (χ4v) is 3.79. The van der Waals surface area contributed by atoms with Crippen LogP contribution in [-0.2, 0) is 12.8 Å². The van der Waals surface area contributed by atoms with E-state index in [0.29, 0.717) is 13.1 Å². The average molecular weight is 267 g/mol. The van der Waals surface area contributed by atoms with Crippen molar-refractivity contribution in [3.63, 3.8) is 0 Å². The summed E-state index contributed by atoms with van der Waals surface area (Å²) in [5, 5.41) is 11.0. The number of likely N-dealkylation sites (N-methyl/N-ethyl adjacent to an activating group) is 1. The molecule has 1 aromatic heterocycles. The molecule has 4 heteroatoms. The maximum Gasteiger partial charge on any atom is 0.255 e. The van der Waals surface area contributed by atoms with E-state index in [9.17, 15) is 4.79 Å². The van der Waals surface area contributed by atoms with Crippen molar-refractivity contribution in [3.8, 4) is 0 Å². The topological polar surface area (TPSA) is 40.5 Å². The number of carbonyl (C=O) groups excluding carboxylic acids is 1. The first-order chi connectivity index (χ1) is 8.67. The lowest BCUT2D eigenvalue weighted by Crippen LogP contribution is -2.33. The monoisotopic (exact) mass is 267 g/mol. The Labute approximate surface area is 112 Å². The van der Waals surface area contributed by atoms with Crippen LogP contribution >= 0.6 is 11.3 Å². The van der Waals surface area contributed by atoms with Crippen molar-refractivity contribution in [1.82, 2.24) is 4.90 Å². The number of aliphatic hydroxyl groups excluding tert-OH is 1. The van der Waals surface area contributed by atoms with E-state index in [-0.39, 0.29) is 12.5 Å². The zero-order valence-corrected chi connectivity index (χ0v) is 11.9. The van der Waals surface area contributed by atoms with Gasteiger partial charge in [0.1, 0.15) is 0 Å². The first-order valence-corrected chi connectivity index (χ1v) is 7.54. The molecule has 1 N–H and O–H groups in total. The van der Waals surface area contributed by atoms with Gasteiger partial charge in [0.05, 0.1) is 12.2 Å². The van der Waals surface area contributed by atoms with Gasteiger partial charge in [-0.2, -0.15) is 0 Å². The summed E-state index contributed by atoms with van der Waals surface area (Å²) in [7, 11) is 0. The Morgan fingerprint density at radius 1 is 1.61 bits per heavy atom. The number of hydrogen-bond acceptors (Lipinski definition) is 3. The molecule has 0 bridgehead atoms. The Kier molecular flexibility index (Phi) is 4.40. The molecule has 0 unspecified atom stereocenters. The second-order valence-electron chi connectivity index (χ2n) is 5.01. The van der Waals surface area contributed by atoms with Crippen molar-refractivity contribution < 1.29 is 9.90 Å². The first kappa shape index (κ1) is 13.6. The van der Waals surface area contributed by atoms with E-state index >= 15 is 0 Å². The Morgan fingerprint density at radius 2 is 2.39 bits per heavy atom. The molecular formula is C14H21NO2S. The van der Waals surface area contributed by atoms with Crippen molar-refractivity contribution in [1.29, 1.82) is 0 Å². The van der Waals surface area contributed by atoms with Crippen LogP contribution in [0.5, 0.6) is 0 Å². The van der Waals surface area contributed by atoms with Crippen LogP contribution in [-0.4, -0.2) is 35.6 Å². The molecule has 0 saturated heterocycles. The Bertz CT molecular complexity index is 427. The smallest absolute Gasteiger partial charge is 0.255 e.